The third-order valence-corrected chi connectivity index (χ3v) is 6.92. The molecule has 0 saturated heterocycles. The Morgan fingerprint density at radius 2 is 1.86 bits per heavy atom. The minimum absolute atomic E-state index is 0.118. The van der Waals surface area contributed by atoms with Gasteiger partial charge in [-0.15, -0.1) is 11.3 Å². The number of hydrogen-bond donors (Lipinski definition) is 1. The summed E-state index contributed by atoms with van der Waals surface area (Å²) < 4.78 is 27.5. The summed E-state index contributed by atoms with van der Waals surface area (Å²) in [4.78, 5) is 13.5. The van der Waals surface area contributed by atoms with Crippen LogP contribution in [0.2, 0.25) is 0 Å². The maximum Gasteiger partial charge on any atom is 0.264 e. The largest absolute Gasteiger partial charge is 0.271 e. The minimum Gasteiger partial charge on any atom is -0.271 e. The number of rotatable bonds is 7. The molecule has 0 fully saturated rings. The highest BCUT2D eigenvalue weighted by molar-refractivity contribution is 7.92. The van der Waals surface area contributed by atoms with Crippen LogP contribution in [0.1, 0.15) is 16.0 Å². The molecule has 0 saturated carbocycles. The van der Waals surface area contributed by atoms with Crippen LogP contribution in [-0.4, -0.2) is 27.1 Å². The van der Waals surface area contributed by atoms with Gasteiger partial charge < -0.3 is 0 Å². The molecular formula is C21H21N3O3S2. The number of nitrogens with one attached hydrogen (secondary N) is 1. The van der Waals surface area contributed by atoms with Crippen LogP contribution in [-0.2, 0) is 14.8 Å². The molecule has 8 heteroatoms. The number of sulfonamides is 1. The Bertz CT molecular complexity index is 1120. The maximum absolute atomic E-state index is 13.2. The van der Waals surface area contributed by atoms with Crippen molar-refractivity contribution >= 4 is 39.2 Å². The lowest BCUT2D eigenvalue weighted by atomic mass is 10.2. The Morgan fingerprint density at radius 3 is 2.52 bits per heavy atom. The van der Waals surface area contributed by atoms with Crippen molar-refractivity contribution in [3.05, 3.63) is 82.0 Å². The quantitative estimate of drug-likeness (QED) is 0.461. The first-order chi connectivity index (χ1) is 13.9. The van der Waals surface area contributed by atoms with E-state index in [2.05, 4.69) is 10.5 Å². The van der Waals surface area contributed by atoms with E-state index in [1.807, 2.05) is 31.4 Å². The lowest BCUT2D eigenvalue weighted by molar-refractivity contribution is -0.119. The fourth-order valence-electron chi connectivity index (χ4n) is 2.66. The fraction of sp³-hybridized carbons (Fsp3) is 0.143. The number of carbonyl (C=O) groups excluding carboxylic acids is 1. The van der Waals surface area contributed by atoms with Gasteiger partial charge in [0.1, 0.15) is 6.54 Å². The molecule has 1 aromatic heterocycles. The summed E-state index contributed by atoms with van der Waals surface area (Å²) in [7, 11) is -3.92. The normalized spacial score (nSPS) is 11.5. The molecule has 0 aliphatic rings. The Kier molecular flexibility index (Phi) is 6.46. The molecule has 1 amide bonds. The van der Waals surface area contributed by atoms with E-state index in [9.17, 15) is 13.2 Å². The molecule has 0 spiro atoms. The summed E-state index contributed by atoms with van der Waals surface area (Å²) in [5.41, 5.74) is 4.78. The summed E-state index contributed by atoms with van der Waals surface area (Å²) >= 11 is 1.51. The Morgan fingerprint density at radius 1 is 1.10 bits per heavy atom. The second-order valence-electron chi connectivity index (χ2n) is 6.42. The molecule has 2 aromatic carbocycles. The summed E-state index contributed by atoms with van der Waals surface area (Å²) in [5, 5.41) is 5.89. The van der Waals surface area contributed by atoms with Crippen molar-refractivity contribution in [1.29, 1.82) is 0 Å². The molecular weight excluding hydrogens is 406 g/mol. The van der Waals surface area contributed by atoms with Gasteiger partial charge in [-0.3, -0.25) is 9.10 Å². The van der Waals surface area contributed by atoms with Crippen molar-refractivity contribution < 1.29 is 13.2 Å². The van der Waals surface area contributed by atoms with Gasteiger partial charge in [-0.05, 0) is 60.7 Å². The molecule has 1 N–H and O–H groups in total. The molecule has 0 aliphatic carbocycles. The van der Waals surface area contributed by atoms with E-state index in [0.29, 0.717) is 5.69 Å². The van der Waals surface area contributed by atoms with Gasteiger partial charge in [0, 0.05) is 4.88 Å². The third-order valence-electron chi connectivity index (χ3n) is 4.18. The second kappa shape index (κ2) is 9.02. The van der Waals surface area contributed by atoms with Crippen LogP contribution in [0.25, 0.3) is 0 Å². The van der Waals surface area contributed by atoms with Gasteiger partial charge in [-0.25, -0.2) is 13.8 Å². The Balaban J connectivity index is 1.85. The molecule has 0 radical (unpaired) electrons. The van der Waals surface area contributed by atoms with Gasteiger partial charge >= 0.3 is 0 Å². The van der Waals surface area contributed by atoms with Crippen molar-refractivity contribution in [1.82, 2.24) is 5.43 Å². The number of hydrazone groups is 1. The average molecular weight is 428 g/mol. The number of anilines is 1. The van der Waals surface area contributed by atoms with Gasteiger partial charge in [0.25, 0.3) is 15.9 Å². The monoisotopic (exact) mass is 427 g/mol. The first-order valence-electron chi connectivity index (χ1n) is 8.88. The zero-order valence-corrected chi connectivity index (χ0v) is 17.7. The average Bonchev–Trinajstić information content (AvgIpc) is 3.11. The van der Waals surface area contributed by atoms with E-state index in [-0.39, 0.29) is 11.4 Å². The number of thiophene rings is 1. The van der Waals surface area contributed by atoms with Crippen LogP contribution in [0.4, 0.5) is 5.69 Å². The zero-order valence-electron chi connectivity index (χ0n) is 16.1. The number of nitrogens with zero attached hydrogens (tertiary/aromatic N) is 2. The van der Waals surface area contributed by atoms with Gasteiger partial charge in [0.15, 0.2) is 0 Å². The van der Waals surface area contributed by atoms with E-state index in [1.54, 1.807) is 42.6 Å². The van der Waals surface area contributed by atoms with Crippen LogP contribution >= 0.6 is 11.3 Å². The standard InChI is InChI=1S/C21H21N3O3S2/c1-16-7-6-8-18(13-16)24(29(26,27)19-9-4-3-5-10-19)15-21(25)23-22-14-20-17(2)11-12-28-20/h3-14H,15H2,1-2H3,(H,23,25)/b22-14+. The first kappa shape index (κ1) is 20.8. The number of carbonyl (C=O) groups is 1. The molecule has 29 heavy (non-hydrogen) atoms. The van der Waals surface area contributed by atoms with Crippen molar-refractivity contribution in [3.63, 3.8) is 0 Å². The summed E-state index contributed by atoms with van der Waals surface area (Å²) in [5.74, 6) is -0.531. The highest BCUT2D eigenvalue weighted by atomic mass is 32.2. The van der Waals surface area contributed by atoms with Crippen LogP contribution in [0.5, 0.6) is 0 Å². The number of amides is 1. The molecule has 0 aliphatic heterocycles. The lowest BCUT2D eigenvalue weighted by Gasteiger charge is -2.24. The first-order valence-corrected chi connectivity index (χ1v) is 11.2. The van der Waals surface area contributed by atoms with E-state index < -0.39 is 15.9 Å². The predicted octanol–water partition coefficient (Wildman–Crippen LogP) is 3.71. The summed E-state index contributed by atoms with van der Waals surface area (Å²) in [6.07, 6.45) is 1.56. The Labute approximate surface area is 174 Å². The van der Waals surface area contributed by atoms with Crippen molar-refractivity contribution in [3.8, 4) is 0 Å². The van der Waals surface area contributed by atoms with Crippen molar-refractivity contribution in [2.45, 2.75) is 18.7 Å². The minimum atomic E-state index is -3.92. The number of aryl methyl sites for hydroxylation is 2. The lowest BCUT2D eigenvalue weighted by Crippen LogP contribution is -2.39. The van der Waals surface area contributed by atoms with Gasteiger partial charge in [-0.1, -0.05) is 30.3 Å². The Hall–Kier alpha value is -2.97. The zero-order chi connectivity index (χ0) is 20.9. The predicted molar refractivity (Wildman–Crippen MR) is 117 cm³/mol. The smallest absolute Gasteiger partial charge is 0.264 e. The topological polar surface area (TPSA) is 78.8 Å². The highest BCUT2D eigenvalue weighted by Crippen LogP contribution is 2.24. The van der Waals surface area contributed by atoms with E-state index in [4.69, 9.17) is 0 Å². The van der Waals surface area contributed by atoms with Crippen LogP contribution in [0.3, 0.4) is 0 Å². The molecule has 0 atom stereocenters. The van der Waals surface area contributed by atoms with Crippen molar-refractivity contribution in [2.75, 3.05) is 10.8 Å². The molecule has 3 aromatic rings. The van der Waals surface area contributed by atoms with Crippen LogP contribution in [0.15, 0.2) is 76.0 Å². The molecule has 3 rings (SSSR count). The molecule has 0 bridgehead atoms. The van der Waals surface area contributed by atoms with Gasteiger partial charge in [0.05, 0.1) is 16.8 Å². The van der Waals surface area contributed by atoms with E-state index in [1.165, 1.54) is 23.5 Å². The second-order valence-corrected chi connectivity index (χ2v) is 9.23. The van der Waals surface area contributed by atoms with Crippen LogP contribution < -0.4 is 9.73 Å². The number of hydrogen-bond acceptors (Lipinski definition) is 5. The SMILES string of the molecule is Cc1cccc(N(CC(=O)N/N=C/c2sccc2C)S(=O)(=O)c2ccccc2)c1. The maximum atomic E-state index is 13.2. The van der Waals surface area contributed by atoms with Gasteiger partial charge in [-0.2, -0.15) is 5.10 Å². The summed E-state index contributed by atoms with van der Waals surface area (Å²) in [6, 6.07) is 17.0. The summed E-state index contributed by atoms with van der Waals surface area (Å²) in [6.45, 7) is 3.43. The molecule has 6 nitrogen and oxygen atoms in total. The van der Waals surface area contributed by atoms with E-state index >= 15 is 0 Å². The number of benzene rings is 2. The third kappa shape index (κ3) is 5.10. The van der Waals surface area contributed by atoms with Crippen molar-refractivity contribution in [2.24, 2.45) is 5.10 Å². The highest BCUT2D eigenvalue weighted by Gasteiger charge is 2.27. The van der Waals surface area contributed by atoms with Crippen LogP contribution in [0, 0.1) is 13.8 Å². The fourth-order valence-corrected chi connectivity index (χ4v) is 4.88. The van der Waals surface area contributed by atoms with Gasteiger partial charge in [0.2, 0.25) is 0 Å². The molecule has 1 heterocycles. The molecule has 0 unspecified atom stereocenters. The van der Waals surface area contributed by atoms with E-state index in [0.717, 1.165) is 20.3 Å². The molecule has 150 valence electrons.